The summed E-state index contributed by atoms with van der Waals surface area (Å²) < 4.78 is 0. The van der Waals surface area contributed by atoms with Crippen LogP contribution in [0.3, 0.4) is 0 Å². The third-order valence-corrected chi connectivity index (χ3v) is 3.14. The maximum absolute atomic E-state index is 12.3. The van der Waals surface area contributed by atoms with Crippen molar-refractivity contribution in [3.05, 3.63) is 23.3 Å². The average molecular weight is 264 g/mol. The first-order chi connectivity index (χ1) is 8.57. The molecule has 0 bridgehead atoms. The minimum absolute atomic E-state index is 0.251. The van der Waals surface area contributed by atoms with Crippen molar-refractivity contribution >= 4 is 17.2 Å². The number of hydrogen-bond donors (Lipinski definition) is 1. The molecule has 0 spiro atoms. The molecular weight excluding hydrogens is 240 g/mol. The van der Waals surface area contributed by atoms with Gasteiger partial charge in [-0.2, -0.15) is 0 Å². The van der Waals surface area contributed by atoms with Crippen molar-refractivity contribution in [2.45, 2.75) is 26.4 Å². The molecule has 0 saturated carbocycles. The number of rotatable bonds is 4. The van der Waals surface area contributed by atoms with Gasteiger partial charge in [-0.3, -0.25) is 4.79 Å². The van der Waals surface area contributed by atoms with Crippen LogP contribution in [0.15, 0.2) is 12.1 Å². The summed E-state index contributed by atoms with van der Waals surface area (Å²) in [5.41, 5.74) is 2.16. The van der Waals surface area contributed by atoms with E-state index in [4.69, 9.17) is 0 Å². The van der Waals surface area contributed by atoms with E-state index < -0.39 is 5.60 Å². The molecule has 0 amide bonds. The molecule has 0 atom stereocenters. The monoisotopic (exact) mass is 264 g/mol. The SMILES string of the molecule is Cc1c(C(=O)C(C)(C)O)ccc(N(C)C)c1N(C)C. The molecule has 0 aromatic heterocycles. The molecule has 1 aromatic rings. The molecule has 0 unspecified atom stereocenters. The van der Waals surface area contributed by atoms with Crippen molar-refractivity contribution in [3.8, 4) is 0 Å². The lowest BCUT2D eigenvalue weighted by Gasteiger charge is -2.27. The number of anilines is 2. The smallest absolute Gasteiger partial charge is 0.194 e. The van der Waals surface area contributed by atoms with E-state index in [1.807, 2.05) is 51.0 Å². The van der Waals surface area contributed by atoms with Gasteiger partial charge in [0.2, 0.25) is 0 Å². The molecule has 1 rings (SSSR count). The van der Waals surface area contributed by atoms with Gasteiger partial charge >= 0.3 is 0 Å². The van der Waals surface area contributed by atoms with E-state index in [1.165, 1.54) is 13.8 Å². The Morgan fingerprint density at radius 1 is 1.11 bits per heavy atom. The zero-order valence-electron chi connectivity index (χ0n) is 12.9. The van der Waals surface area contributed by atoms with E-state index >= 15 is 0 Å². The number of carbonyl (C=O) groups is 1. The molecule has 0 aliphatic carbocycles. The van der Waals surface area contributed by atoms with Crippen LogP contribution >= 0.6 is 0 Å². The van der Waals surface area contributed by atoms with Gasteiger partial charge in [-0.25, -0.2) is 0 Å². The second kappa shape index (κ2) is 5.21. The van der Waals surface area contributed by atoms with Crippen molar-refractivity contribution in [3.63, 3.8) is 0 Å². The molecule has 1 aromatic carbocycles. The first-order valence-corrected chi connectivity index (χ1v) is 6.32. The van der Waals surface area contributed by atoms with Crippen molar-refractivity contribution in [1.82, 2.24) is 0 Å². The highest BCUT2D eigenvalue weighted by Crippen LogP contribution is 2.33. The molecule has 19 heavy (non-hydrogen) atoms. The van der Waals surface area contributed by atoms with E-state index in [0.717, 1.165) is 16.9 Å². The lowest BCUT2D eigenvalue weighted by atomic mass is 9.92. The molecule has 106 valence electrons. The highest BCUT2D eigenvalue weighted by molar-refractivity contribution is 6.04. The minimum atomic E-state index is -1.35. The van der Waals surface area contributed by atoms with Crippen LogP contribution < -0.4 is 9.80 Å². The normalized spacial score (nSPS) is 11.4. The zero-order chi connectivity index (χ0) is 15.0. The Morgan fingerprint density at radius 2 is 1.63 bits per heavy atom. The zero-order valence-corrected chi connectivity index (χ0v) is 12.9. The fourth-order valence-electron chi connectivity index (χ4n) is 2.19. The average Bonchev–Trinajstić information content (AvgIpc) is 2.25. The van der Waals surface area contributed by atoms with Crippen molar-refractivity contribution in [2.24, 2.45) is 0 Å². The number of benzene rings is 1. The first-order valence-electron chi connectivity index (χ1n) is 6.32. The van der Waals surface area contributed by atoms with Crippen molar-refractivity contribution in [1.29, 1.82) is 0 Å². The second-order valence-corrected chi connectivity index (χ2v) is 5.78. The van der Waals surface area contributed by atoms with Gasteiger partial charge in [0.15, 0.2) is 5.78 Å². The minimum Gasteiger partial charge on any atom is -0.382 e. The Balaban J connectivity index is 3.48. The summed E-state index contributed by atoms with van der Waals surface area (Å²) in [6.07, 6.45) is 0. The molecule has 4 heteroatoms. The fourth-order valence-corrected chi connectivity index (χ4v) is 2.19. The standard InChI is InChI=1S/C15H24N2O2/c1-10-11(14(18)15(2,3)19)8-9-12(16(4)5)13(10)17(6)7/h8-9,19H,1-7H3. The lowest BCUT2D eigenvalue weighted by Crippen LogP contribution is -2.32. The number of Topliss-reactive ketones (excluding diaryl/α,β-unsaturated/α-hetero) is 1. The third kappa shape index (κ3) is 3.07. The van der Waals surface area contributed by atoms with Gasteiger partial charge < -0.3 is 14.9 Å². The molecule has 1 N–H and O–H groups in total. The van der Waals surface area contributed by atoms with Crippen LogP contribution in [0.4, 0.5) is 11.4 Å². The quantitative estimate of drug-likeness (QED) is 0.846. The molecule has 0 aliphatic heterocycles. The predicted molar refractivity (Wildman–Crippen MR) is 80.5 cm³/mol. The van der Waals surface area contributed by atoms with E-state index in [-0.39, 0.29) is 5.78 Å². The molecule has 0 saturated heterocycles. The Kier molecular flexibility index (Phi) is 4.25. The summed E-state index contributed by atoms with van der Waals surface area (Å²) in [6, 6.07) is 3.71. The Hall–Kier alpha value is -1.55. The number of nitrogens with zero attached hydrogens (tertiary/aromatic N) is 2. The summed E-state index contributed by atoms with van der Waals surface area (Å²) in [7, 11) is 7.85. The maximum atomic E-state index is 12.3. The summed E-state index contributed by atoms with van der Waals surface area (Å²) in [5, 5.41) is 9.90. The van der Waals surface area contributed by atoms with Crippen LogP contribution in [-0.2, 0) is 0 Å². The molecule has 0 fully saturated rings. The second-order valence-electron chi connectivity index (χ2n) is 5.78. The van der Waals surface area contributed by atoms with Gasteiger partial charge in [0.1, 0.15) is 5.60 Å². The van der Waals surface area contributed by atoms with Gasteiger partial charge in [0, 0.05) is 33.8 Å². The van der Waals surface area contributed by atoms with Gasteiger partial charge in [0.05, 0.1) is 11.4 Å². The topological polar surface area (TPSA) is 43.8 Å². The summed E-state index contributed by atoms with van der Waals surface area (Å²) in [5.74, 6) is -0.251. The Bertz CT molecular complexity index is 486. The first kappa shape index (κ1) is 15.5. The predicted octanol–water partition coefficient (Wildman–Crippen LogP) is 2.08. The van der Waals surface area contributed by atoms with E-state index in [2.05, 4.69) is 0 Å². The van der Waals surface area contributed by atoms with Crippen LogP contribution in [0.5, 0.6) is 0 Å². The van der Waals surface area contributed by atoms with Crippen LogP contribution in [-0.4, -0.2) is 44.7 Å². The number of carbonyl (C=O) groups excluding carboxylic acids is 1. The highest BCUT2D eigenvalue weighted by atomic mass is 16.3. The summed E-state index contributed by atoms with van der Waals surface area (Å²) in [6.45, 7) is 4.95. The van der Waals surface area contributed by atoms with Gasteiger partial charge in [-0.15, -0.1) is 0 Å². The van der Waals surface area contributed by atoms with E-state index in [9.17, 15) is 9.90 Å². The fraction of sp³-hybridized carbons (Fsp3) is 0.533. The largest absolute Gasteiger partial charge is 0.382 e. The van der Waals surface area contributed by atoms with Gasteiger partial charge in [-0.1, -0.05) is 0 Å². The van der Waals surface area contributed by atoms with Crippen molar-refractivity contribution in [2.75, 3.05) is 38.0 Å². The van der Waals surface area contributed by atoms with Gasteiger partial charge in [-0.05, 0) is 38.5 Å². The van der Waals surface area contributed by atoms with E-state index in [1.54, 1.807) is 6.07 Å². The number of hydrogen-bond acceptors (Lipinski definition) is 4. The molecule has 0 radical (unpaired) electrons. The number of aliphatic hydroxyl groups is 1. The number of ketones is 1. The van der Waals surface area contributed by atoms with Crippen LogP contribution in [0.1, 0.15) is 29.8 Å². The van der Waals surface area contributed by atoms with Crippen LogP contribution in [0.25, 0.3) is 0 Å². The Morgan fingerprint density at radius 3 is 2.00 bits per heavy atom. The van der Waals surface area contributed by atoms with Crippen LogP contribution in [0, 0.1) is 6.92 Å². The van der Waals surface area contributed by atoms with Gasteiger partial charge in [0.25, 0.3) is 0 Å². The Labute approximate surface area is 115 Å². The van der Waals surface area contributed by atoms with Crippen molar-refractivity contribution < 1.29 is 9.90 Å². The maximum Gasteiger partial charge on any atom is 0.194 e. The molecule has 4 nitrogen and oxygen atoms in total. The molecule has 0 heterocycles. The third-order valence-electron chi connectivity index (χ3n) is 3.14. The molecular formula is C15H24N2O2. The van der Waals surface area contributed by atoms with E-state index in [0.29, 0.717) is 5.56 Å². The lowest BCUT2D eigenvalue weighted by molar-refractivity contribution is 0.0487. The summed E-state index contributed by atoms with van der Waals surface area (Å²) >= 11 is 0. The van der Waals surface area contributed by atoms with Crippen LogP contribution in [0.2, 0.25) is 0 Å². The highest BCUT2D eigenvalue weighted by Gasteiger charge is 2.28. The molecule has 0 aliphatic rings. The summed E-state index contributed by atoms with van der Waals surface area (Å²) in [4.78, 5) is 16.3.